The van der Waals surface area contributed by atoms with Crippen LogP contribution in [0, 0.1) is 0 Å². The number of aliphatic hydroxyl groups excluding tert-OH is 1. The van der Waals surface area contributed by atoms with Crippen LogP contribution in [-0.2, 0) is 4.74 Å². The van der Waals surface area contributed by atoms with Gasteiger partial charge in [0.1, 0.15) is 11.4 Å². The number of pyridine rings is 1. The molecular formula is C21H22N6O4. The summed E-state index contributed by atoms with van der Waals surface area (Å²) in [5.41, 5.74) is 2.99. The summed E-state index contributed by atoms with van der Waals surface area (Å²) in [6.45, 7) is 4.55. The first-order valence-electron chi connectivity index (χ1n) is 10.1. The second kappa shape index (κ2) is 7.97. The molecule has 5 heterocycles. The highest BCUT2D eigenvalue weighted by Crippen LogP contribution is 2.33. The molecule has 0 unspecified atom stereocenters. The number of nitrogens with one attached hydrogen (secondary N) is 1. The molecule has 0 bridgehead atoms. The highest BCUT2D eigenvalue weighted by molar-refractivity contribution is 5.93. The Morgan fingerprint density at radius 2 is 2.10 bits per heavy atom. The molecule has 1 amide bonds. The van der Waals surface area contributed by atoms with Crippen LogP contribution >= 0.6 is 0 Å². The summed E-state index contributed by atoms with van der Waals surface area (Å²) in [6, 6.07) is 6.85. The van der Waals surface area contributed by atoms with Crippen molar-refractivity contribution in [1.82, 2.24) is 24.9 Å². The Kier molecular flexibility index (Phi) is 5.00. The lowest BCUT2D eigenvalue weighted by Gasteiger charge is -2.29. The number of hydrogen-bond acceptors (Lipinski definition) is 8. The Labute approximate surface area is 177 Å². The predicted octanol–water partition coefficient (Wildman–Crippen LogP) is 1.48. The highest BCUT2D eigenvalue weighted by atomic mass is 16.5. The van der Waals surface area contributed by atoms with Crippen molar-refractivity contribution >= 4 is 28.3 Å². The zero-order valence-corrected chi connectivity index (χ0v) is 17.0. The second-order valence-corrected chi connectivity index (χ2v) is 7.45. The van der Waals surface area contributed by atoms with Crippen molar-refractivity contribution in [1.29, 1.82) is 0 Å². The monoisotopic (exact) mass is 422 g/mol. The lowest BCUT2D eigenvalue weighted by atomic mass is 10.2. The number of aromatic nitrogens is 4. The topological polar surface area (TPSA) is 118 Å². The van der Waals surface area contributed by atoms with Crippen LogP contribution < -0.4 is 10.2 Å². The maximum Gasteiger partial charge on any atom is 0.272 e. The van der Waals surface area contributed by atoms with Crippen LogP contribution in [0.15, 0.2) is 41.1 Å². The minimum atomic E-state index is -0.371. The Bertz CT molecular complexity index is 1240. The van der Waals surface area contributed by atoms with Crippen LogP contribution in [0.2, 0.25) is 0 Å². The molecule has 0 saturated carbocycles. The van der Waals surface area contributed by atoms with E-state index in [1.54, 1.807) is 36.0 Å². The number of ether oxygens (including phenoxy) is 1. The normalized spacial score (nSPS) is 15.5. The minimum Gasteiger partial charge on any atom is -0.436 e. The van der Waals surface area contributed by atoms with Gasteiger partial charge in [-0.05, 0) is 31.2 Å². The van der Waals surface area contributed by atoms with E-state index in [1.165, 1.54) is 0 Å². The largest absolute Gasteiger partial charge is 0.436 e. The molecule has 4 aromatic heterocycles. The van der Waals surface area contributed by atoms with Gasteiger partial charge in [-0.25, -0.2) is 14.5 Å². The summed E-state index contributed by atoms with van der Waals surface area (Å²) >= 11 is 0. The molecule has 0 spiro atoms. The molecule has 10 heteroatoms. The minimum absolute atomic E-state index is 0.151. The van der Waals surface area contributed by atoms with E-state index in [9.17, 15) is 4.79 Å². The quantitative estimate of drug-likeness (QED) is 0.497. The van der Waals surface area contributed by atoms with Crippen molar-refractivity contribution in [2.24, 2.45) is 0 Å². The molecule has 1 fully saturated rings. The number of nitrogens with zero attached hydrogens (tertiary/aromatic N) is 5. The molecule has 160 valence electrons. The molecule has 2 N–H and O–H groups in total. The average molecular weight is 422 g/mol. The molecule has 1 atom stereocenters. The van der Waals surface area contributed by atoms with Crippen molar-refractivity contribution in [3.05, 3.63) is 42.4 Å². The number of aliphatic hydroxyl groups is 1. The number of carbonyl (C=O) groups excluding carboxylic acids is 1. The maximum atomic E-state index is 12.4. The number of furan rings is 1. The molecule has 1 saturated heterocycles. The Hall–Kier alpha value is -3.50. The summed E-state index contributed by atoms with van der Waals surface area (Å²) in [7, 11) is 0. The first kappa shape index (κ1) is 19.5. The fourth-order valence-corrected chi connectivity index (χ4v) is 3.64. The summed E-state index contributed by atoms with van der Waals surface area (Å²) in [5.74, 6) is 0.188. The predicted molar refractivity (Wildman–Crippen MR) is 113 cm³/mol. The number of carbonyl (C=O) groups is 1. The Balaban J connectivity index is 1.54. The third-order valence-corrected chi connectivity index (χ3v) is 5.26. The van der Waals surface area contributed by atoms with E-state index in [4.69, 9.17) is 14.3 Å². The van der Waals surface area contributed by atoms with Gasteiger partial charge in [-0.15, -0.1) is 0 Å². The van der Waals surface area contributed by atoms with E-state index in [1.807, 2.05) is 12.1 Å². The Morgan fingerprint density at radius 1 is 1.26 bits per heavy atom. The van der Waals surface area contributed by atoms with Gasteiger partial charge in [0.15, 0.2) is 11.4 Å². The number of imidazole rings is 1. The lowest BCUT2D eigenvalue weighted by molar-refractivity contribution is 0.0916. The first-order valence-corrected chi connectivity index (χ1v) is 10.1. The van der Waals surface area contributed by atoms with Crippen molar-refractivity contribution < 1.29 is 19.1 Å². The van der Waals surface area contributed by atoms with Gasteiger partial charge in [-0.2, -0.15) is 5.10 Å². The molecule has 31 heavy (non-hydrogen) atoms. The van der Waals surface area contributed by atoms with E-state index < -0.39 is 0 Å². The van der Waals surface area contributed by atoms with Crippen molar-refractivity contribution in [3.8, 4) is 11.5 Å². The molecular weight excluding hydrogens is 400 g/mol. The van der Waals surface area contributed by atoms with Gasteiger partial charge >= 0.3 is 0 Å². The van der Waals surface area contributed by atoms with Crippen LogP contribution in [0.3, 0.4) is 0 Å². The van der Waals surface area contributed by atoms with Crippen LogP contribution in [0.25, 0.3) is 28.2 Å². The second-order valence-electron chi connectivity index (χ2n) is 7.45. The number of hydrogen-bond donors (Lipinski definition) is 2. The van der Waals surface area contributed by atoms with Gasteiger partial charge in [0.05, 0.1) is 37.1 Å². The molecule has 5 rings (SSSR count). The first-order chi connectivity index (χ1) is 15.1. The van der Waals surface area contributed by atoms with Crippen LogP contribution in [0.4, 0.5) is 5.69 Å². The molecule has 1 aliphatic rings. The summed E-state index contributed by atoms with van der Waals surface area (Å²) in [6.07, 6.45) is 3.39. The average Bonchev–Trinajstić information content (AvgIpc) is 3.42. The summed E-state index contributed by atoms with van der Waals surface area (Å²) < 4.78 is 13.1. The highest BCUT2D eigenvalue weighted by Gasteiger charge is 2.20. The Morgan fingerprint density at radius 3 is 2.90 bits per heavy atom. The van der Waals surface area contributed by atoms with E-state index >= 15 is 0 Å². The standard InChI is InChI=1S/C21H22N6O4/c1-13(12-28)24-20(29)15-2-3-19-23-11-17(27(19)25-15)18-10-14-16(4-5-22-21(14)31-18)26-6-8-30-9-7-26/h2-5,10-11,13,28H,6-9,12H2,1H3,(H,24,29)/t13-/m0/s1. The SMILES string of the molecule is C[C@@H](CO)NC(=O)c1ccc2ncc(-c3cc4c(N5CCOCC5)ccnc4o3)n2n1. The number of morpholine rings is 1. The van der Waals surface area contributed by atoms with Crippen LogP contribution in [0.1, 0.15) is 17.4 Å². The van der Waals surface area contributed by atoms with Gasteiger partial charge in [-0.1, -0.05) is 0 Å². The third-order valence-electron chi connectivity index (χ3n) is 5.26. The summed E-state index contributed by atoms with van der Waals surface area (Å²) in [5, 5.41) is 17.2. The molecule has 0 aliphatic carbocycles. The van der Waals surface area contributed by atoms with Crippen LogP contribution in [-0.4, -0.2) is 69.5 Å². The summed E-state index contributed by atoms with van der Waals surface area (Å²) in [4.78, 5) is 23.4. The van der Waals surface area contributed by atoms with E-state index in [-0.39, 0.29) is 24.2 Å². The molecule has 0 aromatic carbocycles. The van der Waals surface area contributed by atoms with E-state index in [2.05, 4.69) is 25.3 Å². The van der Waals surface area contributed by atoms with Gasteiger partial charge in [0, 0.05) is 25.3 Å². The maximum absolute atomic E-state index is 12.4. The van der Waals surface area contributed by atoms with Crippen molar-refractivity contribution in [2.45, 2.75) is 13.0 Å². The van der Waals surface area contributed by atoms with E-state index in [0.29, 0.717) is 36.0 Å². The van der Waals surface area contributed by atoms with Gasteiger partial charge < -0.3 is 24.5 Å². The zero-order chi connectivity index (χ0) is 21.4. The van der Waals surface area contributed by atoms with Crippen molar-refractivity contribution in [3.63, 3.8) is 0 Å². The fraction of sp³-hybridized carbons (Fsp3) is 0.333. The smallest absolute Gasteiger partial charge is 0.272 e. The number of fused-ring (bicyclic) bond motifs is 2. The number of rotatable bonds is 5. The molecule has 1 aliphatic heterocycles. The zero-order valence-electron chi connectivity index (χ0n) is 17.0. The number of amides is 1. The van der Waals surface area contributed by atoms with Gasteiger partial charge in [0.25, 0.3) is 5.91 Å². The lowest BCUT2D eigenvalue weighted by Crippen LogP contribution is -2.36. The molecule has 4 aromatic rings. The fourth-order valence-electron chi connectivity index (χ4n) is 3.64. The van der Waals surface area contributed by atoms with Crippen LogP contribution in [0.5, 0.6) is 0 Å². The van der Waals surface area contributed by atoms with Crippen molar-refractivity contribution in [2.75, 3.05) is 37.8 Å². The van der Waals surface area contributed by atoms with Gasteiger partial charge in [0.2, 0.25) is 5.71 Å². The van der Waals surface area contributed by atoms with E-state index in [0.717, 1.165) is 24.2 Å². The molecule has 10 nitrogen and oxygen atoms in total. The number of anilines is 1. The third kappa shape index (κ3) is 3.60. The van der Waals surface area contributed by atoms with Gasteiger partial charge in [-0.3, -0.25) is 4.79 Å². The molecule has 0 radical (unpaired) electrons.